The van der Waals surface area contributed by atoms with Gasteiger partial charge < -0.3 is 16.0 Å². The zero-order valence-corrected chi connectivity index (χ0v) is 12.6. The zero-order valence-electron chi connectivity index (χ0n) is 11.8. The van der Waals surface area contributed by atoms with E-state index in [0.717, 1.165) is 42.2 Å². The molecule has 0 spiro atoms. The van der Waals surface area contributed by atoms with Gasteiger partial charge in [-0.25, -0.2) is 0 Å². The van der Waals surface area contributed by atoms with Crippen molar-refractivity contribution in [1.29, 1.82) is 0 Å². The molecule has 1 atom stereocenters. The van der Waals surface area contributed by atoms with Gasteiger partial charge in [-0.1, -0.05) is 0 Å². The van der Waals surface area contributed by atoms with Crippen LogP contribution in [-0.2, 0) is 9.59 Å². The molecule has 1 saturated heterocycles. The Morgan fingerprint density at radius 2 is 2.33 bits per heavy atom. The van der Waals surface area contributed by atoms with Gasteiger partial charge in [0.1, 0.15) is 0 Å². The highest BCUT2D eigenvalue weighted by Crippen LogP contribution is 2.33. The summed E-state index contributed by atoms with van der Waals surface area (Å²) in [5.41, 5.74) is 1.53. The minimum absolute atomic E-state index is 0.00436. The summed E-state index contributed by atoms with van der Waals surface area (Å²) in [5, 5.41) is 9.05. The van der Waals surface area contributed by atoms with E-state index in [1.807, 2.05) is 18.2 Å². The third-order valence-electron chi connectivity index (χ3n) is 3.84. The van der Waals surface area contributed by atoms with Crippen molar-refractivity contribution in [2.75, 3.05) is 29.5 Å². The van der Waals surface area contributed by atoms with Gasteiger partial charge in [0, 0.05) is 17.0 Å². The van der Waals surface area contributed by atoms with Crippen LogP contribution in [0.2, 0.25) is 0 Å². The number of benzene rings is 1. The van der Waals surface area contributed by atoms with Crippen LogP contribution >= 0.6 is 11.8 Å². The molecule has 6 heteroatoms. The molecule has 5 nitrogen and oxygen atoms in total. The second-order valence-electron chi connectivity index (χ2n) is 5.49. The molecule has 0 aliphatic carbocycles. The third-order valence-corrected chi connectivity index (χ3v) is 4.91. The molecule has 2 heterocycles. The van der Waals surface area contributed by atoms with Crippen molar-refractivity contribution >= 4 is 35.0 Å². The lowest BCUT2D eigenvalue weighted by atomic mass is 10.0. The summed E-state index contributed by atoms with van der Waals surface area (Å²) in [4.78, 5) is 24.4. The number of fused-ring (bicyclic) bond motifs is 1. The molecule has 1 fully saturated rings. The van der Waals surface area contributed by atoms with Crippen molar-refractivity contribution in [3.8, 4) is 0 Å². The molecular weight excluding hydrogens is 286 g/mol. The van der Waals surface area contributed by atoms with E-state index in [0.29, 0.717) is 18.1 Å². The second-order valence-corrected chi connectivity index (χ2v) is 6.51. The highest BCUT2D eigenvalue weighted by atomic mass is 32.2. The molecule has 0 saturated carbocycles. The number of carbonyl (C=O) groups excluding carboxylic acids is 2. The average molecular weight is 305 g/mol. The Bertz CT molecular complexity index is 556. The summed E-state index contributed by atoms with van der Waals surface area (Å²) in [6, 6.07) is 5.66. The normalized spacial score (nSPS) is 20.8. The van der Waals surface area contributed by atoms with Crippen LogP contribution < -0.4 is 16.0 Å². The minimum Gasteiger partial charge on any atom is -0.326 e. The lowest BCUT2D eigenvalue weighted by molar-refractivity contribution is -0.116. The Morgan fingerprint density at radius 3 is 3.14 bits per heavy atom. The van der Waals surface area contributed by atoms with Crippen molar-refractivity contribution in [1.82, 2.24) is 5.32 Å². The molecule has 112 valence electrons. The number of anilines is 2. The van der Waals surface area contributed by atoms with Crippen LogP contribution in [0.25, 0.3) is 0 Å². The Balaban J connectivity index is 1.55. The van der Waals surface area contributed by atoms with Crippen molar-refractivity contribution in [3.05, 3.63) is 18.2 Å². The molecule has 2 aliphatic rings. The predicted octanol–water partition coefficient (Wildman–Crippen LogP) is 2.06. The van der Waals surface area contributed by atoms with Gasteiger partial charge in [-0.3, -0.25) is 9.59 Å². The molecule has 1 unspecified atom stereocenters. The Kier molecular flexibility index (Phi) is 4.45. The lowest BCUT2D eigenvalue weighted by Gasteiger charge is -2.17. The van der Waals surface area contributed by atoms with Crippen molar-refractivity contribution in [2.24, 2.45) is 5.92 Å². The monoisotopic (exact) mass is 305 g/mol. The number of amides is 2. The first-order valence-electron chi connectivity index (χ1n) is 7.28. The van der Waals surface area contributed by atoms with Crippen LogP contribution in [0, 0.1) is 5.92 Å². The molecule has 21 heavy (non-hydrogen) atoms. The van der Waals surface area contributed by atoms with E-state index in [9.17, 15) is 9.59 Å². The zero-order chi connectivity index (χ0) is 14.7. The smallest absolute Gasteiger partial charge is 0.234 e. The highest BCUT2D eigenvalue weighted by Gasteiger charge is 2.17. The third kappa shape index (κ3) is 3.77. The van der Waals surface area contributed by atoms with E-state index in [-0.39, 0.29) is 11.8 Å². The fourth-order valence-corrected chi connectivity index (χ4v) is 3.47. The Labute approximate surface area is 128 Å². The van der Waals surface area contributed by atoms with E-state index in [2.05, 4.69) is 16.0 Å². The number of nitrogens with one attached hydrogen (secondary N) is 3. The van der Waals surface area contributed by atoms with E-state index in [1.165, 1.54) is 11.8 Å². The van der Waals surface area contributed by atoms with Gasteiger partial charge in [-0.05, 0) is 50.0 Å². The van der Waals surface area contributed by atoms with Crippen molar-refractivity contribution in [2.45, 2.75) is 24.2 Å². The van der Waals surface area contributed by atoms with E-state index >= 15 is 0 Å². The molecule has 1 aromatic carbocycles. The summed E-state index contributed by atoms with van der Waals surface area (Å²) >= 11 is 1.52. The average Bonchev–Trinajstić information content (AvgIpc) is 2.98. The van der Waals surface area contributed by atoms with Gasteiger partial charge in [0.2, 0.25) is 11.8 Å². The topological polar surface area (TPSA) is 70.2 Å². The fourth-order valence-electron chi connectivity index (χ4n) is 2.68. The van der Waals surface area contributed by atoms with Gasteiger partial charge in [-0.15, -0.1) is 11.8 Å². The number of rotatable bonds is 4. The van der Waals surface area contributed by atoms with Crippen LogP contribution in [-0.4, -0.2) is 30.7 Å². The maximum Gasteiger partial charge on any atom is 0.234 e. The number of hydrogen-bond acceptors (Lipinski definition) is 4. The summed E-state index contributed by atoms with van der Waals surface area (Å²) < 4.78 is 0. The molecule has 2 aliphatic heterocycles. The van der Waals surface area contributed by atoms with E-state index in [1.54, 1.807) is 0 Å². The molecule has 0 aromatic heterocycles. The summed E-state index contributed by atoms with van der Waals surface area (Å²) in [7, 11) is 0. The largest absolute Gasteiger partial charge is 0.326 e. The van der Waals surface area contributed by atoms with Crippen LogP contribution in [0.1, 0.15) is 19.3 Å². The lowest BCUT2D eigenvalue weighted by Crippen LogP contribution is -2.19. The van der Waals surface area contributed by atoms with Gasteiger partial charge >= 0.3 is 0 Å². The SMILES string of the molecule is O=C(CCC1CCNC1)Nc1ccc2c(c1)NC(=O)CS2. The van der Waals surface area contributed by atoms with Crippen LogP contribution in [0.15, 0.2) is 23.1 Å². The van der Waals surface area contributed by atoms with Crippen molar-refractivity contribution in [3.63, 3.8) is 0 Å². The number of hydrogen-bond donors (Lipinski definition) is 3. The first kappa shape index (κ1) is 14.4. The van der Waals surface area contributed by atoms with Crippen LogP contribution in [0.4, 0.5) is 11.4 Å². The highest BCUT2D eigenvalue weighted by molar-refractivity contribution is 8.00. The first-order chi connectivity index (χ1) is 10.2. The molecular formula is C15H19N3O2S. The van der Waals surface area contributed by atoms with E-state index in [4.69, 9.17) is 0 Å². The summed E-state index contributed by atoms with van der Waals surface area (Å²) in [6.45, 7) is 2.09. The first-order valence-corrected chi connectivity index (χ1v) is 8.26. The fraction of sp³-hybridized carbons (Fsp3) is 0.467. The quantitative estimate of drug-likeness (QED) is 0.796. The minimum atomic E-state index is 0.00436. The summed E-state index contributed by atoms with van der Waals surface area (Å²) in [5.74, 6) is 1.12. The molecule has 1 aromatic rings. The number of thioether (sulfide) groups is 1. The Morgan fingerprint density at radius 1 is 1.43 bits per heavy atom. The molecule has 0 radical (unpaired) electrons. The number of carbonyl (C=O) groups is 2. The van der Waals surface area contributed by atoms with E-state index < -0.39 is 0 Å². The van der Waals surface area contributed by atoms with Gasteiger partial charge in [0.15, 0.2) is 0 Å². The molecule has 3 N–H and O–H groups in total. The maximum absolute atomic E-state index is 12.0. The predicted molar refractivity (Wildman–Crippen MR) is 84.6 cm³/mol. The van der Waals surface area contributed by atoms with Crippen LogP contribution in [0.3, 0.4) is 0 Å². The maximum atomic E-state index is 12.0. The van der Waals surface area contributed by atoms with Gasteiger partial charge in [-0.2, -0.15) is 0 Å². The molecule has 3 rings (SSSR count). The molecule has 2 amide bonds. The van der Waals surface area contributed by atoms with Gasteiger partial charge in [0.05, 0.1) is 11.4 Å². The Hall–Kier alpha value is -1.53. The van der Waals surface area contributed by atoms with Gasteiger partial charge in [0.25, 0.3) is 0 Å². The second kappa shape index (κ2) is 6.49. The summed E-state index contributed by atoms with van der Waals surface area (Å²) in [6.07, 6.45) is 2.64. The molecule has 0 bridgehead atoms. The standard InChI is InChI=1S/C15H19N3O2S/c19-14(4-1-10-5-6-16-8-10)17-11-2-3-13-12(7-11)18-15(20)9-21-13/h2-3,7,10,16H,1,4-6,8-9H2,(H,17,19)(H,18,20). The van der Waals surface area contributed by atoms with Crippen molar-refractivity contribution < 1.29 is 9.59 Å². The van der Waals surface area contributed by atoms with Crippen LogP contribution in [0.5, 0.6) is 0 Å².